The number of ether oxygens (including phenoxy) is 1. The van der Waals surface area contributed by atoms with Crippen LogP contribution >= 0.6 is 23.2 Å². The average molecular weight is 472 g/mol. The molecule has 0 radical (unpaired) electrons. The number of aromatic nitrogens is 3. The fraction of sp³-hybridized carbons (Fsp3) is 0.417. The topological polar surface area (TPSA) is 55.2 Å². The lowest BCUT2D eigenvalue weighted by Crippen LogP contribution is -2.42. The van der Waals surface area contributed by atoms with Crippen LogP contribution in [0, 0.1) is 13.8 Å². The molecule has 1 aliphatic carbocycles. The van der Waals surface area contributed by atoms with Crippen LogP contribution < -0.4 is 10.1 Å². The molecular weight excluding hydrogens is 445 g/mol. The zero-order valence-electron chi connectivity index (χ0n) is 18.3. The highest BCUT2D eigenvalue weighted by Gasteiger charge is 2.39. The summed E-state index contributed by atoms with van der Waals surface area (Å²) in [5.41, 5.74) is 3.26. The zero-order chi connectivity index (χ0) is 22.2. The lowest BCUT2D eigenvalue weighted by atomic mass is 10.1. The number of hydrogen-bond acceptors (Lipinski definition) is 5. The number of hydrogen-bond donors (Lipinski definition) is 1. The molecule has 2 atom stereocenters. The van der Waals surface area contributed by atoms with Crippen LogP contribution in [0.4, 0.5) is 0 Å². The van der Waals surface area contributed by atoms with Crippen LogP contribution in [0.15, 0.2) is 36.4 Å². The Morgan fingerprint density at radius 2 is 1.75 bits per heavy atom. The van der Waals surface area contributed by atoms with Gasteiger partial charge in [0.2, 0.25) is 0 Å². The lowest BCUT2D eigenvalue weighted by molar-refractivity contribution is 0.0821. The van der Waals surface area contributed by atoms with Gasteiger partial charge in [-0.15, -0.1) is 10.2 Å². The first-order valence-electron chi connectivity index (χ1n) is 11.1. The maximum atomic E-state index is 6.63. The number of fused-ring (bicyclic) bond motifs is 1. The predicted octanol–water partition coefficient (Wildman–Crippen LogP) is 4.53. The molecule has 5 rings (SSSR count). The monoisotopic (exact) mass is 471 g/mol. The smallest absolute Gasteiger partial charge is 0.140 e. The van der Waals surface area contributed by atoms with Crippen molar-refractivity contribution in [1.29, 1.82) is 0 Å². The van der Waals surface area contributed by atoms with Crippen molar-refractivity contribution in [3.05, 3.63) is 69.2 Å². The van der Waals surface area contributed by atoms with Gasteiger partial charge in [-0.05, 0) is 81.7 Å². The zero-order valence-corrected chi connectivity index (χ0v) is 19.8. The van der Waals surface area contributed by atoms with Crippen molar-refractivity contribution in [3.63, 3.8) is 0 Å². The van der Waals surface area contributed by atoms with E-state index in [4.69, 9.17) is 27.9 Å². The third kappa shape index (κ3) is 4.13. The van der Waals surface area contributed by atoms with Crippen molar-refractivity contribution in [1.82, 2.24) is 25.0 Å². The van der Waals surface area contributed by atoms with Gasteiger partial charge in [-0.2, -0.15) is 0 Å². The van der Waals surface area contributed by atoms with Gasteiger partial charge in [0, 0.05) is 34.4 Å². The van der Waals surface area contributed by atoms with Gasteiger partial charge in [0.1, 0.15) is 23.5 Å². The molecule has 1 aliphatic heterocycles. The second-order valence-electron chi connectivity index (χ2n) is 8.53. The third-order valence-corrected chi connectivity index (χ3v) is 7.01. The van der Waals surface area contributed by atoms with Gasteiger partial charge in [0.25, 0.3) is 0 Å². The first-order chi connectivity index (χ1) is 15.5. The summed E-state index contributed by atoms with van der Waals surface area (Å²) in [6.07, 6.45) is 1.87. The Hall–Kier alpha value is -2.12. The van der Waals surface area contributed by atoms with E-state index in [-0.39, 0.29) is 12.1 Å². The molecule has 1 fully saturated rings. The van der Waals surface area contributed by atoms with Gasteiger partial charge >= 0.3 is 0 Å². The van der Waals surface area contributed by atoms with Crippen molar-refractivity contribution < 1.29 is 4.74 Å². The molecule has 0 amide bonds. The van der Waals surface area contributed by atoms with E-state index in [9.17, 15) is 0 Å². The molecule has 1 saturated heterocycles. The maximum Gasteiger partial charge on any atom is 0.140 e. The number of nitrogens with zero attached hydrogens (tertiary/aromatic N) is 4. The molecule has 2 unspecified atom stereocenters. The Morgan fingerprint density at radius 3 is 2.50 bits per heavy atom. The molecular formula is C24H27Cl2N5O. The summed E-state index contributed by atoms with van der Waals surface area (Å²) < 4.78 is 8.66. The lowest BCUT2D eigenvalue weighted by Gasteiger charge is -2.32. The van der Waals surface area contributed by atoms with E-state index >= 15 is 0 Å². The Bertz CT molecular complexity index is 1090. The van der Waals surface area contributed by atoms with Crippen molar-refractivity contribution in [2.45, 2.75) is 38.8 Å². The molecule has 8 heteroatoms. The Balaban J connectivity index is 1.45. The van der Waals surface area contributed by atoms with Crippen LogP contribution in [0.1, 0.15) is 35.3 Å². The fourth-order valence-electron chi connectivity index (χ4n) is 4.94. The van der Waals surface area contributed by atoms with Crippen molar-refractivity contribution in [2.24, 2.45) is 0 Å². The normalized spacial score (nSPS) is 21.4. The Kier molecular flexibility index (Phi) is 6.12. The highest BCUT2D eigenvalue weighted by atomic mass is 35.5. The van der Waals surface area contributed by atoms with Crippen LogP contribution in [0.25, 0.3) is 5.69 Å². The third-order valence-electron chi connectivity index (χ3n) is 6.45. The van der Waals surface area contributed by atoms with Gasteiger partial charge < -0.3 is 10.1 Å². The molecule has 32 heavy (non-hydrogen) atoms. The molecule has 0 spiro atoms. The SMILES string of the molecule is Cc1nnc(C)n1-c1ccc(OC2c3cc(Cl)cc(Cl)c3CC2N2CCCNCC2)cc1. The molecule has 1 N–H and O–H groups in total. The summed E-state index contributed by atoms with van der Waals surface area (Å²) in [6, 6.07) is 12.2. The van der Waals surface area contributed by atoms with Crippen LogP contribution in [-0.2, 0) is 6.42 Å². The minimum atomic E-state index is -0.122. The summed E-state index contributed by atoms with van der Waals surface area (Å²) in [6.45, 7) is 7.98. The van der Waals surface area contributed by atoms with Gasteiger partial charge in [0.05, 0.1) is 6.04 Å². The predicted molar refractivity (Wildman–Crippen MR) is 127 cm³/mol. The van der Waals surface area contributed by atoms with Crippen LogP contribution in [0.3, 0.4) is 0 Å². The first kappa shape index (κ1) is 21.7. The summed E-state index contributed by atoms with van der Waals surface area (Å²) in [4.78, 5) is 2.53. The molecule has 0 bridgehead atoms. The number of rotatable bonds is 4. The van der Waals surface area contributed by atoms with E-state index in [2.05, 4.69) is 20.4 Å². The second-order valence-corrected chi connectivity index (χ2v) is 9.37. The van der Waals surface area contributed by atoms with Crippen molar-refractivity contribution in [2.75, 3.05) is 26.2 Å². The standard InChI is InChI=1S/C24H27Cl2N5O/c1-15-28-29-16(2)31(15)18-4-6-19(7-5-18)32-24-21-12-17(25)13-22(26)20(21)14-23(24)30-10-3-8-27-9-11-30/h4-7,12-13,23-24,27H,3,8-11,14H2,1-2H3. The highest BCUT2D eigenvalue weighted by Crippen LogP contribution is 2.42. The van der Waals surface area contributed by atoms with Gasteiger partial charge in [-0.25, -0.2) is 0 Å². The molecule has 6 nitrogen and oxygen atoms in total. The van der Waals surface area contributed by atoms with Gasteiger partial charge in [-0.3, -0.25) is 9.47 Å². The van der Waals surface area contributed by atoms with E-state index in [1.54, 1.807) is 0 Å². The van der Waals surface area contributed by atoms with Crippen molar-refractivity contribution >= 4 is 23.2 Å². The number of aryl methyl sites for hydroxylation is 2. The summed E-state index contributed by atoms with van der Waals surface area (Å²) in [5.74, 6) is 2.55. The van der Waals surface area contributed by atoms with Gasteiger partial charge in [-0.1, -0.05) is 23.2 Å². The minimum absolute atomic E-state index is 0.122. The second kappa shape index (κ2) is 9.02. The van der Waals surface area contributed by atoms with E-state index in [1.807, 2.05) is 54.8 Å². The summed E-state index contributed by atoms with van der Waals surface area (Å²) >= 11 is 13.0. The van der Waals surface area contributed by atoms with E-state index < -0.39 is 0 Å². The van der Waals surface area contributed by atoms with E-state index in [0.717, 1.165) is 78.3 Å². The quantitative estimate of drug-likeness (QED) is 0.605. The van der Waals surface area contributed by atoms with E-state index in [0.29, 0.717) is 5.02 Å². The largest absolute Gasteiger partial charge is 0.484 e. The number of benzene rings is 2. The summed E-state index contributed by atoms with van der Waals surface area (Å²) in [7, 11) is 0. The average Bonchev–Trinajstić information content (AvgIpc) is 3.15. The molecule has 2 heterocycles. The van der Waals surface area contributed by atoms with E-state index in [1.165, 1.54) is 0 Å². The molecule has 0 saturated carbocycles. The van der Waals surface area contributed by atoms with Gasteiger partial charge in [0.15, 0.2) is 0 Å². The summed E-state index contributed by atoms with van der Waals surface area (Å²) in [5, 5.41) is 13.2. The molecule has 2 aromatic carbocycles. The van der Waals surface area contributed by atoms with Crippen LogP contribution in [0.2, 0.25) is 10.0 Å². The number of halogens is 2. The molecule has 1 aromatic heterocycles. The fourth-order valence-corrected chi connectivity index (χ4v) is 5.53. The molecule has 3 aromatic rings. The van der Waals surface area contributed by atoms with Crippen LogP contribution in [0.5, 0.6) is 5.75 Å². The highest BCUT2D eigenvalue weighted by molar-refractivity contribution is 6.35. The Labute approximate surface area is 198 Å². The van der Waals surface area contributed by atoms with Crippen LogP contribution in [-0.4, -0.2) is 51.9 Å². The maximum absolute atomic E-state index is 6.63. The molecule has 168 valence electrons. The number of nitrogens with one attached hydrogen (secondary N) is 1. The Morgan fingerprint density at radius 1 is 1.00 bits per heavy atom. The first-order valence-corrected chi connectivity index (χ1v) is 11.8. The van der Waals surface area contributed by atoms with Crippen molar-refractivity contribution in [3.8, 4) is 11.4 Å². The minimum Gasteiger partial charge on any atom is -0.484 e. The molecule has 2 aliphatic rings.